The van der Waals surface area contributed by atoms with Gasteiger partial charge in [0.1, 0.15) is 5.75 Å². The zero-order chi connectivity index (χ0) is 21.6. The fourth-order valence-corrected chi connectivity index (χ4v) is 3.65. The zero-order valence-corrected chi connectivity index (χ0v) is 17.8. The number of nitrogens with one attached hydrogen (secondary N) is 2. The van der Waals surface area contributed by atoms with E-state index in [2.05, 4.69) is 54.7 Å². The molecule has 0 spiro atoms. The molecule has 1 aromatic heterocycles. The number of para-hydroxylation sites is 1. The molecule has 0 saturated carbocycles. The smallest absolute Gasteiger partial charge is 0.323 e. The van der Waals surface area contributed by atoms with Crippen LogP contribution in [0.5, 0.6) is 5.75 Å². The van der Waals surface area contributed by atoms with Crippen LogP contribution in [0.1, 0.15) is 0 Å². The summed E-state index contributed by atoms with van der Waals surface area (Å²) in [5.74, 6) is 1.20. The Balaban J connectivity index is 1.30. The number of amides is 2. The SMILES string of the molecule is COc1ccc(NC(=O)Nc2cnc(N3CCN(c4ccccc4)CC3)nc2)cc1Cl. The van der Waals surface area contributed by atoms with Crippen LogP contribution in [0.25, 0.3) is 0 Å². The predicted molar refractivity (Wildman–Crippen MR) is 124 cm³/mol. The van der Waals surface area contributed by atoms with Crippen molar-refractivity contribution in [2.45, 2.75) is 0 Å². The summed E-state index contributed by atoms with van der Waals surface area (Å²) in [6, 6.07) is 15.0. The van der Waals surface area contributed by atoms with E-state index in [0.29, 0.717) is 28.1 Å². The van der Waals surface area contributed by atoms with E-state index in [1.807, 2.05) is 6.07 Å². The Labute approximate surface area is 185 Å². The summed E-state index contributed by atoms with van der Waals surface area (Å²) < 4.78 is 5.11. The van der Waals surface area contributed by atoms with E-state index in [1.54, 1.807) is 30.6 Å². The standard InChI is InChI=1S/C22H23ClN6O2/c1-31-20-8-7-16(13-19(20)23)26-22(30)27-17-14-24-21(25-15-17)29-11-9-28(10-12-29)18-5-3-2-4-6-18/h2-8,13-15H,9-12H2,1H3,(H2,26,27,30). The molecule has 1 saturated heterocycles. The highest BCUT2D eigenvalue weighted by atomic mass is 35.5. The first-order valence-electron chi connectivity index (χ1n) is 9.91. The van der Waals surface area contributed by atoms with Crippen molar-refractivity contribution in [3.8, 4) is 5.75 Å². The lowest BCUT2D eigenvalue weighted by atomic mass is 10.2. The number of carbonyl (C=O) groups is 1. The predicted octanol–water partition coefficient (Wildman–Crippen LogP) is 4.11. The van der Waals surface area contributed by atoms with Gasteiger partial charge in [-0.05, 0) is 30.3 Å². The van der Waals surface area contributed by atoms with Crippen LogP contribution in [-0.2, 0) is 0 Å². The number of ether oxygens (including phenoxy) is 1. The molecule has 0 unspecified atom stereocenters. The van der Waals surface area contributed by atoms with Gasteiger partial charge >= 0.3 is 6.03 Å². The fraction of sp³-hybridized carbons (Fsp3) is 0.227. The lowest BCUT2D eigenvalue weighted by Gasteiger charge is -2.36. The van der Waals surface area contributed by atoms with E-state index < -0.39 is 6.03 Å². The summed E-state index contributed by atoms with van der Waals surface area (Å²) in [5.41, 5.74) is 2.28. The summed E-state index contributed by atoms with van der Waals surface area (Å²) in [6.45, 7) is 3.47. The molecule has 2 amide bonds. The first-order valence-corrected chi connectivity index (χ1v) is 10.3. The summed E-state index contributed by atoms with van der Waals surface area (Å²) in [7, 11) is 1.54. The van der Waals surface area contributed by atoms with Gasteiger partial charge in [-0.2, -0.15) is 0 Å². The van der Waals surface area contributed by atoms with Gasteiger partial charge in [0, 0.05) is 37.6 Å². The Morgan fingerprint density at radius 2 is 1.58 bits per heavy atom. The van der Waals surface area contributed by atoms with E-state index in [1.165, 1.54) is 12.8 Å². The molecular formula is C22H23ClN6O2. The second-order valence-electron chi connectivity index (χ2n) is 7.01. The lowest BCUT2D eigenvalue weighted by molar-refractivity contribution is 0.262. The molecule has 1 fully saturated rings. The largest absolute Gasteiger partial charge is 0.495 e. The van der Waals surface area contributed by atoms with Gasteiger partial charge in [-0.25, -0.2) is 14.8 Å². The topological polar surface area (TPSA) is 82.6 Å². The number of rotatable bonds is 5. The maximum Gasteiger partial charge on any atom is 0.323 e. The minimum absolute atomic E-state index is 0.408. The Morgan fingerprint density at radius 3 is 2.23 bits per heavy atom. The third-order valence-electron chi connectivity index (χ3n) is 4.99. The van der Waals surface area contributed by atoms with E-state index >= 15 is 0 Å². The molecule has 2 heterocycles. The van der Waals surface area contributed by atoms with Crippen molar-refractivity contribution in [3.63, 3.8) is 0 Å². The van der Waals surface area contributed by atoms with Crippen molar-refractivity contribution in [1.82, 2.24) is 9.97 Å². The second kappa shape index (κ2) is 9.53. The van der Waals surface area contributed by atoms with Crippen molar-refractivity contribution < 1.29 is 9.53 Å². The van der Waals surface area contributed by atoms with E-state index in [-0.39, 0.29) is 0 Å². The van der Waals surface area contributed by atoms with Crippen LogP contribution < -0.4 is 25.2 Å². The summed E-state index contributed by atoms with van der Waals surface area (Å²) in [4.78, 5) is 25.6. The molecule has 0 aliphatic carbocycles. The summed E-state index contributed by atoms with van der Waals surface area (Å²) in [6.07, 6.45) is 3.21. The van der Waals surface area contributed by atoms with Crippen molar-refractivity contribution in [1.29, 1.82) is 0 Å². The number of piperazine rings is 1. The first-order chi connectivity index (χ1) is 15.1. The molecule has 0 bridgehead atoms. The van der Waals surface area contributed by atoms with Crippen LogP contribution in [0.2, 0.25) is 5.02 Å². The highest BCUT2D eigenvalue weighted by Crippen LogP contribution is 2.27. The van der Waals surface area contributed by atoms with Crippen LogP contribution in [-0.4, -0.2) is 49.3 Å². The minimum Gasteiger partial charge on any atom is -0.495 e. The van der Waals surface area contributed by atoms with Crippen molar-refractivity contribution >= 4 is 40.6 Å². The molecule has 2 aromatic carbocycles. The Hall–Kier alpha value is -3.52. The van der Waals surface area contributed by atoms with E-state index in [0.717, 1.165) is 26.2 Å². The Bertz CT molecular complexity index is 1020. The minimum atomic E-state index is -0.408. The molecule has 0 atom stereocenters. The number of hydrogen-bond donors (Lipinski definition) is 2. The van der Waals surface area contributed by atoms with Gasteiger partial charge in [0.25, 0.3) is 0 Å². The monoisotopic (exact) mass is 438 g/mol. The van der Waals surface area contributed by atoms with Crippen LogP contribution >= 0.6 is 11.6 Å². The summed E-state index contributed by atoms with van der Waals surface area (Å²) >= 11 is 6.08. The van der Waals surface area contributed by atoms with Gasteiger partial charge in [0.15, 0.2) is 0 Å². The van der Waals surface area contributed by atoms with Crippen molar-refractivity contribution in [2.75, 3.05) is 53.7 Å². The molecule has 9 heteroatoms. The fourth-order valence-electron chi connectivity index (χ4n) is 3.39. The van der Waals surface area contributed by atoms with Crippen LogP contribution in [0, 0.1) is 0 Å². The lowest BCUT2D eigenvalue weighted by Crippen LogP contribution is -2.47. The first kappa shape index (κ1) is 20.7. The van der Waals surface area contributed by atoms with Crippen LogP contribution in [0.4, 0.5) is 27.8 Å². The third-order valence-corrected chi connectivity index (χ3v) is 5.28. The van der Waals surface area contributed by atoms with Crippen molar-refractivity contribution in [2.24, 2.45) is 0 Å². The highest BCUT2D eigenvalue weighted by Gasteiger charge is 2.19. The molecule has 1 aliphatic heterocycles. The van der Waals surface area contributed by atoms with Gasteiger partial charge in [0.05, 0.1) is 30.2 Å². The number of aromatic nitrogens is 2. The van der Waals surface area contributed by atoms with Crippen LogP contribution in [0.3, 0.4) is 0 Å². The highest BCUT2D eigenvalue weighted by molar-refractivity contribution is 6.32. The number of methoxy groups -OCH3 is 1. The molecule has 160 valence electrons. The number of carbonyl (C=O) groups excluding carboxylic acids is 1. The van der Waals surface area contributed by atoms with Gasteiger partial charge in [-0.3, -0.25) is 0 Å². The third kappa shape index (κ3) is 5.16. The maximum absolute atomic E-state index is 12.2. The number of nitrogens with zero attached hydrogens (tertiary/aromatic N) is 4. The average molecular weight is 439 g/mol. The average Bonchev–Trinajstić information content (AvgIpc) is 2.80. The zero-order valence-electron chi connectivity index (χ0n) is 17.1. The normalized spacial score (nSPS) is 13.6. The molecule has 8 nitrogen and oxygen atoms in total. The molecule has 2 N–H and O–H groups in total. The van der Waals surface area contributed by atoms with Gasteiger partial charge < -0.3 is 25.2 Å². The number of urea groups is 1. The van der Waals surface area contributed by atoms with Gasteiger partial charge in [-0.1, -0.05) is 29.8 Å². The van der Waals surface area contributed by atoms with Crippen LogP contribution in [0.15, 0.2) is 60.9 Å². The Morgan fingerprint density at radius 1 is 0.935 bits per heavy atom. The van der Waals surface area contributed by atoms with Gasteiger partial charge in [0.2, 0.25) is 5.95 Å². The van der Waals surface area contributed by atoms with Crippen molar-refractivity contribution in [3.05, 3.63) is 65.9 Å². The Kier molecular flexibility index (Phi) is 6.37. The van der Waals surface area contributed by atoms with E-state index in [4.69, 9.17) is 16.3 Å². The number of benzene rings is 2. The molecule has 1 aliphatic rings. The van der Waals surface area contributed by atoms with Gasteiger partial charge in [-0.15, -0.1) is 0 Å². The number of anilines is 4. The second-order valence-corrected chi connectivity index (χ2v) is 7.42. The number of hydrogen-bond acceptors (Lipinski definition) is 6. The van der Waals surface area contributed by atoms with E-state index in [9.17, 15) is 4.79 Å². The molecule has 0 radical (unpaired) electrons. The molecule has 3 aromatic rings. The molecule has 31 heavy (non-hydrogen) atoms. The maximum atomic E-state index is 12.2. The summed E-state index contributed by atoms with van der Waals surface area (Å²) in [5, 5.41) is 5.86. The molecular weight excluding hydrogens is 416 g/mol. The molecule has 4 rings (SSSR count). The quantitative estimate of drug-likeness (QED) is 0.623. The number of halogens is 1.